The fourth-order valence-corrected chi connectivity index (χ4v) is 2.80. The van der Waals surface area contributed by atoms with E-state index >= 15 is 0 Å². The van der Waals surface area contributed by atoms with Crippen molar-refractivity contribution in [2.75, 3.05) is 23.7 Å². The summed E-state index contributed by atoms with van der Waals surface area (Å²) in [6.45, 7) is 11.9. The van der Waals surface area contributed by atoms with Gasteiger partial charge in [-0.1, -0.05) is 33.3 Å². The summed E-state index contributed by atoms with van der Waals surface area (Å²) in [5.41, 5.74) is 1.30. The van der Waals surface area contributed by atoms with E-state index in [-0.39, 0.29) is 11.3 Å². The van der Waals surface area contributed by atoms with E-state index in [1.807, 2.05) is 38.1 Å². The quantitative estimate of drug-likeness (QED) is 0.721. The highest BCUT2D eigenvalue weighted by molar-refractivity contribution is 7.80. The third-order valence-corrected chi connectivity index (χ3v) is 4.27. The highest BCUT2D eigenvalue weighted by Crippen LogP contribution is 2.25. The monoisotopic (exact) mass is 335 g/mol. The predicted octanol–water partition coefficient (Wildman–Crippen LogP) is 4.49. The molecule has 1 amide bonds. The van der Waals surface area contributed by atoms with Gasteiger partial charge in [-0.15, -0.1) is 0 Å². The van der Waals surface area contributed by atoms with Gasteiger partial charge in [0.15, 0.2) is 5.11 Å². The van der Waals surface area contributed by atoms with E-state index in [0.717, 1.165) is 37.3 Å². The SMILES string of the molecule is CCCC(C)(C)C(=O)Nc1cccc(NC(=S)N(CC)CC)c1. The van der Waals surface area contributed by atoms with Crippen LogP contribution in [0.4, 0.5) is 11.4 Å². The van der Waals surface area contributed by atoms with Gasteiger partial charge in [-0.2, -0.15) is 0 Å². The topological polar surface area (TPSA) is 44.4 Å². The number of hydrogen-bond donors (Lipinski definition) is 2. The van der Waals surface area contributed by atoms with Crippen LogP contribution in [-0.4, -0.2) is 29.0 Å². The molecule has 4 nitrogen and oxygen atoms in total. The standard InChI is InChI=1S/C18H29N3OS/c1-6-12-18(4,5)16(22)19-14-10-9-11-15(13-14)20-17(23)21(7-2)8-3/h9-11,13H,6-8,12H2,1-5H3,(H,19,22)(H,20,23). The van der Waals surface area contributed by atoms with Gasteiger partial charge in [0.2, 0.25) is 5.91 Å². The van der Waals surface area contributed by atoms with E-state index in [2.05, 4.69) is 36.3 Å². The Balaban J connectivity index is 2.77. The van der Waals surface area contributed by atoms with Crippen molar-refractivity contribution in [3.63, 3.8) is 0 Å². The second-order valence-corrected chi connectivity index (χ2v) is 6.66. The fourth-order valence-electron chi connectivity index (χ4n) is 2.43. The van der Waals surface area contributed by atoms with Crippen LogP contribution in [0, 0.1) is 5.41 Å². The molecule has 128 valence electrons. The zero-order valence-corrected chi connectivity index (χ0v) is 15.7. The fraction of sp³-hybridized carbons (Fsp3) is 0.556. The Morgan fingerprint density at radius 1 is 1.13 bits per heavy atom. The van der Waals surface area contributed by atoms with E-state index < -0.39 is 0 Å². The normalized spacial score (nSPS) is 11.0. The molecule has 0 spiro atoms. The second kappa shape index (κ2) is 8.87. The van der Waals surface area contributed by atoms with Gasteiger partial charge in [-0.05, 0) is 50.7 Å². The summed E-state index contributed by atoms with van der Waals surface area (Å²) in [5, 5.41) is 6.93. The first-order chi connectivity index (χ1) is 10.8. The van der Waals surface area contributed by atoms with Crippen molar-refractivity contribution in [1.29, 1.82) is 0 Å². The number of hydrogen-bond acceptors (Lipinski definition) is 2. The minimum absolute atomic E-state index is 0.0443. The highest BCUT2D eigenvalue weighted by Gasteiger charge is 2.26. The zero-order chi connectivity index (χ0) is 17.5. The molecule has 23 heavy (non-hydrogen) atoms. The molecule has 0 atom stereocenters. The maximum Gasteiger partial charge on any atom is 0.230 e. The molecule has 0 aliphatic rings. The van der Waals surface area contributed by atoms with Gasteiger partial charge >= 0.3 is 0 Å². The van der Waals surface area contributed by atoms with Crippen molar-refractivity contribution in [2.45, 2.75) is 47.5 Å². The van der Waals surface area contributed by atoms with Crippen molar-refractivity contribution in [3.8, 4) is 0 Å². The number of amides is 1. The maximum absolute atomic E-state index is 12.4. The molecular weight excluding hydrogens is 306 g/mol. The Bertz CT molecular complexity index is 539. The zero-order valence-electron chi connectivity index (χ0n) is 14.9. The first-order valence-electron chi connectivity index (χ1n) is 8.31. The largest absolute Gasteiger partial charge is 0.350 e. The van der Waals surface area contributed by atoms with Crippen molar-refractivity contribution in [2.24, 2.45) is 5.41 Å². The summed E-state index contributed by atoms with van der Waals surface area (Å²) < 4.78 is 0. The molecule has 1 aromatic carbocycles. The minimum Gasteiger partial charge on any atom is -0.350 e. The number of benzene rings is 1. The lowest BCUT2D eigenvalue weighted by atomic mass is 9.87. The Kier molecular flexibility index (Phi) is 7.49. The third-order valence-electron chi connectivity index (χ3n) is 3.91. The van der Waals surface area contributed by atoms with E-state index in [4.69, 9.17) is 12.2 Å². The lowest BCUT2D eigenvalue weighted by molar-refractivity contribution is -0.124. The van der Waals surface area contributed by atoms with Gasteiger partial charge < -0.3 is 15.5 Å². The van der Waals surface area contributed by atoms with Crippen LogP contribution >= 0.6 is 12.2 Å². The summed E-state index contributed by atoms with van der Waals surface area (Å²) in [6, 6.07) is 7.67. The van der Waals surface area contributed by atoms with Crippen LogP contribution in [0.3, 0.4) is 0 Å². The molecule has 0 saturated carbocycles. The molecule has 0 unspecified atom stereocenters. The van der Waals surface area contributed by atoms with E-state index in [1.54, 1.807) is 0 Å². The van der Waals surface area contributed by atoms with Crippen LogP contribution < -0.4 is 10.6 Å². The summed E-state index contributed by atoms with van der Waals surface area (Å²) in [6.07, 6.45) is 1.85. The molecule has 0 bridgehead atoms. The first kappa shape index (κ1) is 19.4. The lowest BCUT2D eigenvalue weighted by Gasteiger charge is -2.24. The van der Waals surface area contributed by atoms with Crippen molar-refractivity contribution in [1.82, 2.24) is 4.90 Å². The number of thiocarbonyl (C=S) groups is 1. The molecule has 2 N–H and O–H groups in total. The van der Waals surface area contributed by atoms with Crippen LogP contribution in [0.5, 0.6) is 0 Å². The van der Waals surface area contributed by atoms with Crippen LogP contribution in [0.15, 0.2) is 24.3 Å². The van der Waals surface area contributed by atoms with Gasteiger partial charge in [0.05, 0.1) is 0 Å². The minimum atomic E-state index is -0.366. The number of carbonyl (C=O) groups excluding carboxylic acids is 1. The summed E-state index contributed by atoms with van der Waals surface area (Å²) >= 11 is 5.41. The lowest BCUT2D eigenvalue weighted by Crippen LogP contribution is -2.34. The highest BCUT2D eigenvalue weighted by atomic mass is 32.1. The van der Waals surface area contributed by atoms with Crippen LogP contribution in [0.1, 0.15) is 47.5 Å². The molecule has 1 aromatic rings. The van der Waals surface area contributed by atoms with E-state index in [0.29, 0.717) is 5.11 Å². The smallest absolute Gasteiger partial charge is 0.230 e. The molecule has 0 aliphatic heterocycles. The molecule has 0 aliphatic carbocycles. The van der Waals surface area contributed by atoms with Gasteiger partial charge in [0.1, 0.15) is 0 Å². The molecule has 1 rings (SSSR count). The van der Waals surface area contributed by atoms with E-state index in [1.165, 1.54) is 0 Å². The molecule has 5 heteroatoms. The van der Waals surface area contributed by atoms with Crippen molar-refractivity contribution < 1.29 is 4.79 Å². The average Bonchev–Trinajstić information content (AvgIpc) is 2.48. The molecule has 0 fully saturated rings. The molecular formula is C18H29N3OS. The van der Waals surface area contributed by atoms with Crippen LogP contribution in [0.25, 0.3) is 0 Å². The van der Waals surface area contributed by atoms with Crippen molar-refractivity contribution >= 4 is 34.6 Å². The second-order valence-electron chi connectivity index (χ2n) is 6.27. The molecule has 0 radical (unpaired) electrons. The Morgan fingerprint density at radius 3 is 2.22 bits per heavy atom. The Morgan fingerprint density at radius 2 is 1.70 bits per heavy atom. The number of rotatable bonds is 7. The van der Waals surface area contributed by atoms with Crippen LogP contribution in [-0.2, 0) is 4.79 Å². The van der Waals surface area contributed by atoms with E-state index in [9.17, 15) is 4.79 Å². The van der Waals surface area contributed by atoms with Gasteiger partial charge in [0, 0.05) is 29.9 Å². The van der Waals surface area contributed by atoms with Gasteiger partial charge in [-0.3, -0.25) is 4.79 Å². The number of anilines is 2. The molecule has 0 heterocycles. The predicted molar refractivity (Wildman–Crippen MR) is 103 cm³/mol. The molecule has 0 aromatic heterocycles. The number of nitrogens with one attached hydrogen (secondary N) is 2. The molecule has 0 saturated heterocycles. The van der Waals surface area contributed by atoms with Gasteiger partial charge in [0.25, 0.3) is 0 Å². The Labute approximate surface area is 145 Å². The third kappa shape index (κ3) is 5.82. The number of carbonyl (C=O) groups is 1. The average molecular weight is 336 g/mol. The van der Waals surface area contributed by atoms with Gasteiger partial charge in [-0.25, -0.2) is 0 Å². The van der Waals surface area contributed by atoms with Crippen molar-refractivity contribution in [3.05, 3.63) is 24.3 Å². The summed E-state index contributed by atoms with van der Waals surface area (Å²) in [7, 11) is 0. The number of nitrogens with zero attached hydrogens (tertiary/aromatic N) is 1. The summed E-state index contributed by atoms with van der Waals surface area (Å²) in [4.78, 5) is 14.5. The summed E-state index contributed by atoms with van der Waals surface area (Å²) in [5.74, 6) is 0.0443. The van der Waals surface area contributed by atoms with Crippen LogP contribution in [0.2, 0.25) is 0 Å². The maximum atomic E-state index is 12.4. The first-order valence-corrected chi connectivity index (χ1v) is 8.72. The Hall–Kier alpha value is -1.62.